The first-order chi connectivity index (χ1) is 13.5. The quantitative estimate of drug-likeness (QED) is 0.745. The van der Waals surface area contributed by atoms with Crippen molar-refractivity contribution in [1.82, 2.24) is 10.2 Å². The Balaban J connectivity index is 1.46. The van der Waals surface area contributed by atoms with Gasteiger partial charge in [0.15, 0.2) is 0 Å². The van der Waals surface area contributed by atoms with E-state index in [4.69, 9.17) is 5.73 Å². The lowest BCUT2D eigenvalue weighted by molar-refractivity contribution is -0.136. The number of urea groups is 1. The number of amides is 3. The van der Waals surface area contributed by atoms with E-state index < -0.39 is 0 Å². The number of para-hydroxylation sites is 1. The number of nitrogens with zero attached hydrogens (tertiary/aromatic N) is 1. The normalized spacial score (nSPS) is 16.9. The van der Waals surface area contributed by atoms with Crippen molar-refractivity contribution in [2.24, 2.45) is 11.7 Å². The van der Waals surface area contributed by atoms with E-state index in [0.717, 1.165) is 24.1 Å². The van der Waals surface area contributed by atoms with Crippen LogP contribution in [-0.2, 0) is 4.79 Å². The summed E-state index contributed by atoms with van der Waals surface area (Å²) in [6.07, 6.45) is 1.47. The predicted octanol–water partition coefficient (Wildman–Crippen LogP) is 3.14. The fraction of sp³-hybridized carbons (Fsp3) is 0.364. The lowest BCUT2D eigenvalue weighted by Crippen LogP contribution is -2.49. The lowest BCUT2D eigenvalue weighted by atomic mass is 9.93. The molecular weight excluding hydrogens is 352 g/mol. The third-order valence-electron chi connectivity index (χ3n) is 5.29. The molecule has 4 N–H and O–H groups in total. The Hall–Kier alpha value is -2.86. The first-order valence-electron chi connectivity index (χ1n) is 9.76. The Morgan fingerprint density at radius 3 is 2.18 bits per heavy atom. The molecule has 3 amide bonds. The van der Waals surface area contributed by atoms with E-state index in [1.165, 1.54) is 0 Å². The van der Waals surface area contributed by atoms with Crippen LogP contribution in [0.2, 0.25) is 0 Å². The summed E-state index contributed by atoms with van der Waals surface area (Å²) in [6, 6.07) is 18.6. The summed E-state index contributed by atoms with van der Waals surface area (Å²) in [7, 11) is 0. The zero-order valence-corrected chi connectivity index (χ0v) is 16.2. The van der Waals surface area contributed by atoms with Gasteiger partial charge in [0, 0.05) is 30.9 Å². The average molecular weight is 380 g/mol. The third kappa shape index (κ3) is 5.10. The van der Waals surface area contributed by atoms with Crippen molar-refractivity contribution in [3.05, 3.63) is 66.2 Å². The Kier molecular flexibility index (Phi) is 6.66. The first-order valence-corrected chi connectivity index (χ1v) is 9.76. The predicted molar refractivity (Wildman–Crippen MR) is 111 cm³/mol. The van der Waals surface area contributed by atoms with Gasteiger partial charge in [-0.1, -0.05) is 55.5 Å². The van der Waals surface area contributed by atoms with Gasteiger partial charge in [0.25, 0.3) is 0 Å². The maximum Gasteiger partial charge on any atom is 0.319 e. The van der Waals surface area contributed by atoms with Gasteiger partial charge in [0.1, 0.15) is 0 Å². The largest absolute Gasteiger partial charge is 0.342 e. The molecule has 1 aliphatic heterocycles. The van der Waals surface area contributed by atoms with Crippen LogP contribution < -0.4 is 16.4 Å². The van der Waals surface area contributed by atoms with E-state index >= 15 is 0 Å². The van der Waals surface area contributed by atoms with Crippen molar-refractivity contribution in [2.75, 3.05) is 18.4 Å². The highest BCUT2D eigenvalue weighted by Crippen LogP contribution is 2.23. The molecule has 1 fully saturated rings. The summed E-state index contributed by atoms with van der Waals surface area (Å²) < 4.78 is 0. The number of likely N-dealkylation sites (tertiary alicyclic amines) is 1. The first kappa shape index (κ1) is 19.9. The van der Waals surface area contributed by atoms with Crippen LogP contribution in [-0.4, -0.2) is 36.0 Å². The molecule has 2 aromatic rings. The molecule has 1 heterocycles. The van der Waals surface area contributed by atoms with Crippen LogP contribution in [0.1, 0.15) is 31.4 Å². The molecule has 1 saturated heterocycles. The van der Waals surface area contributed by atoms with Crippen LogP contribution >= 0.6 is 0 Å². The molecule has 2 unspecified atom stereocenters. The van der Waals surface area contributed by atoms with E-state index in [1.807, 2.05) is 72.5 Å². The maximum absolute atomic E-state index is 12.8. The van der Waals surface area contributed by atoms with Crippen molar-refractivity contribution in [2.45, 2.75) is 31.8 Å². The van der Waals surface area contributed by atoms with E-state index in [2.05, 4.69) is 10.6 Å². The molecular formula is C22H28N4O2. The van der Waals surface area contributed by atoms with Gasteiger partial charge in [0.2, 0.25) is 5.91 Å². The highest BCUT2D eigenvalue weighted by Gasteiger charge is 2.30. The summed E-state index contributed by atoms with van der Waals surface area (Å²) in [6.45, 7) is 3.14. The molecule has 2 atom stereocenters. The second-order valence-corrected chi connectivity index (χ2v) is 7.29. The van der Waals surface area contributed by atoms with Crippen LogP contribution in [0.25, 0.3) is 0 Å². The van der Waals surface area contributed by atoms with Crippen molar-refractivity contribution < 1.29 is 9.59 Å². The van der Waals surface area contributed by atoms with Gasteiger partial charge in [-0.25, -0.2) is 4.79 Å². The molecule has 0 spiro atoms. The van der Waals surface area contributed by atoms with E-state index in [-0.39, 0.29) is 29.9 Å². The van der Waals surface area contributed by atoms with E-state index in [1.54, 1.807) is 0 Å². The van der Waals surface area contributed by atoms with Crippen LogP contribution in [0, 0.1) is 5.92 Å². The van der Waals surface area contributed by atoms with Gasteiger partial charge in [-0.15, -0.1) is 0 Å². The van der Waals surface area contributed by atoms with Crippen LogP contribution in [0.3, 0.4) is 0 Å². The second-order valence-electron chi connectivity index (χ2n) is 7.29. The van der Waals surface area contributed by atoms with Crippen molar-refractivity contribution in [3.8, 4) is 0 Å². The van der Waals surface area contributed by atoms with E-state index in [0.29, 0.717) is 13.1 Å². The standard InChI is InChI=1S/C22H28N4O2/c1-16(20(23)17-8-4-2-5-9-17)21(27)26-14-12-19(13-15-26)25-22(28)24-18-10-6-3-7-11-18/h2-11,16,19-20H,12-15,23H2,1H3,(H2,24,25,28). The van der Waals surface area contributed by atoms with Crippen molar-refractivity contribution in [1.29, 1.82) is 0 Å². The highest BCUT2D eigenvalue weighted by molar-refractivity contribution is 5.89. The molecule has 3 rings (SSSR count). The molecule has 0 radical (unpaired) electrons. The topological polar surface area (TPSA) is 87.5 Å². The number of benzene rings is 2. The minimum absolute atomic E-state index is 0.0610. The van der Waals surface area contributed by atoms with Crippen molar-refractivity contribution >= 4 is 17.6 Å². The Morgan fingerprint density at radius 1 is 1.00 bits per heavy atom. The van der Waals surface area contributed by atoms with Gasteiger partial charge in [-0.05, 0) is 30.5 Å². The van der Waals surface area contributed by atoms with Gasteiger partial charge in [-0.3, -0.25) is 4.79 Å². The number of hydrogen-bond acceptors (Lipinski definition) is 3. The molecule has 0 aromatic heterocycles. The molecule has 6 nitrogen and oxygen atoms in total. The Bertz CT molecular complexity index is 774. The summed E-state index contributed by atoms with van der Waals surface area (Å²) >= 11 is 0. The third-order valence-corrected chi connectivity index (χ3v) is 5.29. The minimum atomic E-state index is -0.318. The molecule has 148 valence electrons. The molecule has 6 heteroatoms. The number of nitrogens with two attached hydrogens (primary N) is 1. The summed E-state index contributed by atoms with van der Waals surface area (Å²) in [5, 5.41) is 5.82. The lowest BCUT2D eigenvalue weighted by Gasteiger charge is -2.35. The maximum atomic E-state index is 12.8. The SMILES string of the molecule is CC(C(=O)N1CCC(NC(=O)Nc2ccccc2)CC1)C(N)c1ccccc1. The number of nitrogens with one attached hydrogen (secondary N) is 2. The average Bonchev–Trinajstić information content (AvgIpc) is 2.74. The van der Waals surface area contributed by atoms with Gasteiger partial charge in [0.05, 0.1) is 5.92 Å². The Labute approximate surface area is 166 Å². The molecule has 1 aliphatic rings. The number of rotatable bonds is 5. The van der Waals surface area contributed by atoms with Crippen LogP contribution in [0.5, 0.6) is 0 Å². The number of hydrogen-bond donors (Lipinski definition) is 3. The molecule has 0 aliphatic carbocycles. The highest BCUT2D eigenvalue weighted by atomic mass is 16.2. The molecule has 28 heavy (non-hydrogen) atoms. The summed E-state index contributed by atoms with van der Waals surface area (Å²) in [4.78, 5) is 26.8. The summed E-state index contributed by atoms with van der Waals surface area (Å²) in [5.74, 6) is -0.211. The number of anilines is 1. The van der Waals surface area contributed by atoms with E-state index in [9.17, 15) is 9.59 Å². The van der Waals surface area contributed by atoms with Gasteiger partial charge in [-0.2, -0.15) is 0 Å². The smallest absolute Gasteiger partial charge is 0.319 e. The van der Waals surface area contributed by atoms with Gasteiger partial charge < -0.3 is 21.3 Å². The number of carbonyl (C=O) groups excluding carboxylic acids is 2. The molecule has 2 aromatic carbocycles. The second kappa shape index (κ2) is 9.37. The van der Waals surface area contributed by atoms with Crippen molar-refractivity contribution in [3.63, 3.8) is 0 Å². The molecule has 0 saturated carbocycles. The Morgan fingerprint density at radius 2 is 1.57 bits per heavy atom. The number of carbonyl (C=O) groups is 2. The summed E-state index contributed by atoms with van der Waals surface area (Å²) in [5.41, 5.74) is 8.03. The monoisotopic (exact) mass is 380 g/mol. The minimum Gasteiger partial charge on any atom is -0.342 e. The molecule has 0 bridgehead atoms. The fourth-order valence-electron chi connectivity index (χ4n) is 3.52. The van der Waals surface area contributed by atoms with Gasteiger partial charge >= 0.3 is 6.03 Å². The zero-order valence-electron chi connectivity index (χ0n) is 16.2. The zero-order chi connectivity index (χ0) is 19.9. The van der Waals surface area contributed by atoms with Crippen LogP contribution in [0.4, 0.5) is 10.5 Å². The number of piperidine rings is 1. The van der Waals surface area contributed by atoms with Crippen LogP contribution in [0.15, 0.2) is 60.7 Å². The fourth-order valence-corrected chi connectivity index (χ4v) is 3.52.